The van der Waals surface area contributed by atoms with E-state index in [2.05, 4.69) is 9.97 Å². The van der Waals surface area contributed by atoms with Crippen LogP contribution in [-0.2, 0) is 0 Å². The molecule has 0 spiro atoms. The molecule has 0 N–H and O–H groups in total. The van der Waals surface area contributed by atoms with E-state index >= 15 is 0 Å². The van der Waals surface area contributed by atoms with E-state index in [-0.39, 0.29) is 0 Å². The fourth-order valence-electron chi connectivity index (χ4n) is 1.60. The molecule has 0 radical (unpaired) electrons. The first-order chi connectivity index (χ1) is 7.99. The molecule has 2 aromatic rings. The van der Waals surface area contributed by atoms with Gasteiger partial charge in [-0.25, -0.2) is 9.97 Å². The molecule has 2 rings (SSSR count). The molecule has 0 unspecified atom stereocenters. The van der Waals surface area contributed by atoms with Crippen molar-refractivity contribution in [3.05, 3.63) is 44.9 Å². The maximum Gasteiger partial charge on any atom is 0.125 e. The van der Waals surface area contributed by atoms with Crippen molar-refractivity contribution < 1.29 is 0 Å². The van der Waals surface area contributed by atoms with Crippen molar-refractivity contribution >= 4 is 34.8 Å². The Kier molecular flexibility index (Phi) is 3.57. The highest BCUT2D eigenvalue weighted by molar-refractivity contribution is 6.45. The lowest BCUT2D eigenvalue weighted by Crippen LogP contribution is -1.94. The second kappa shape index (κ2) is 4.81. The molecule has 0 aliphatic heterocycles. The van der Waals surface area contributed by atoms with Gasteiger partial charge in [0.25, 0.3) is 0 Å². The van der Waals surface area contributed by atoms with Gasteiger partial charge >= 0.3 is 0 Å². The Hall–Kier alpha value is -0.830. The molecule has 0 saturated carbocycles. The molecule has 5 heteroatoms. The van der Waals surface area contributed by atoms with Crippen molar-refractivity contribution in [3.63, 3.8) is 0 Å². The van der Waals surface area contributed by atoms with E-state index < -0.39 is 0 Å². The van der Waals surface area contributed by atoms with Gasteiger partial charge in [0, 0.05) is 28.0 Å². The van der Waals surface area contributed by atoms with E-state index in [4.69, 9.17) is 34.8 Å². The monoisotopic (exact) mass is 286 g/mol. The van der Waals surface area contributed by atoms with Gasteiger partial charge < -0.3 is 0 Å². The van der Waals surface area contributed by atoms with E-state index in [0.717, 1.165) is 22.6 Å². The summed E-state index contributed by atoms with van der Waals surface area (Å²) in [5.41, 5.74) is 2.43. The zero-order valence-electron chi connectivity index (χ0n) is 9.26. The Morgan fingerprint density at radius 2 is 1.71 bits per heavy atom. The van der Waals surface area contributed by atoms with Crippen LogP contribution < -0.4 is 0 Å². The van der Waals surface area contributed by atoms with Crippen molar-refractivity contribution in [2.45, 2.75) is 13.8 Å². The standard InChI is InChI=1S/C12H9Cl3N2/c1-6-10(5-16-7(2)17-6)9-3-8(13)4-11(14)12(9)15/h3-5H,1-2H3. The zero-order valence-corrected chi connectivity index (χ0v) is 11.5. The number of halogens is 3. The lowest BCUT2D eigenvalue weighted by atomic mass is 10.1. The van der Waals surface area contributed by atoms with Crippen molar-refractivity contribution in [1.29, 1.82) is 0 Å². The Morgan fingerprint density at radius 3 is 2.35 bits per heavy atom. The minimum absolute atomic E-state index is 0.425. The number of nitrogens with zero attached hydrogens (tertiary/aromatic N) is 2. The number of aryl methyl sites for hydroxylation is 2. The summed E-state index contributed by atoms with van der Waals surface area (Å²) in [6.45, 7) is 3.73. The Labute approximate surface area is 115 Å². The van der Waals surface area contributed by atoms with Crippen LogP contribution in [0.25, 0.3) is 11.1 Å². The summed E-state index contributed by atoms with van der Waals surface area (Å²) in [6.07, 6.45) is 1.73. The molecule has 0 aliphatic carbocycles. The molecule has 0 amide bonds. The lowest BCUT2D eigenvalue weighted by Gasteiger charge is -2.09. The minimum atomic E-state index is 0.425. The smallest absolute Gasteiger partial charge is 0.125 e. The normalized spacial score (nSPS) is 10.6. The second-order valence-corrected chi connectivity index (χ2v) is 4.89. The van der Waals surface area contributed by atoms with Crippen molar-refractivity contribution in [1.82, 2.24) is 9.97 Å². The van der Waals surface area contributed by atoms with Gasteiger partial charge in [0.05, 0.1) is 10.0 Å². The highest BCUT2D eigenvalue weighted by Gasteiger charge is 2.12. The summed E-state index contributed by atoms with van der Waals surface area (Å²) in [5, 5.41) is 1.43. The van der Waals surface area contributed by atoms with Gasteiger partial charge in [-0.2, -0.15) is 0 Å². The molecule has 0 bridgehead atoms. The number of hydrogen-bond donors (Lipinski definition) is 0. The van der Waals surface area contributed by atoms with Crippen LogP contribution in [0.1, 0.15) is 11.5 Å². The Bertz CT molecular complexity index is 582. The molecule has 88 valence electrons. The Morgan fingerprint density at radius 1 is 1.00 bits per heavy atom. The topological polar surface area (TPSA) is 25.8 Å². The van der Waals surface area contributed by atoms with E-state index in [1.165, 1.54) is 0 Å². The van der Waals surface area contributed by atoms with Gasteiger partial charge in [-0.05, 0) is 26.0 Å². The summed E-state index contributed by atoms with van der Waals surface area (Å²) in [6, 6.07) is 3.37. The molecule has 2 nitrogen and oxygen atoms in total. The van der Waals surface area contributed by atoms with Crippen LogP contribution in [0.2, 0.25) is 15.1 Å². The molecular weight excluding hydrogens is 279 g/mol. The lowest BCUT2D eigenvalue weighted by molar-refractivity contribution is 1.01. The third-order valence-electron chi connectivity index (χ3n) is 2.38. The summed E-state index contributed by atoms with van der Waals surface area (Å²) in [7, 11) is 0. The van der Waals surface area contributed by atoms with E-state index in [1.54, 1.807) is 18.3 Å². The molecule has 17 heavy (non-hydrogen) atoms. The van der Waals surface area contributed by atoms with E-state index in [0.29, 0.717) is 15.1 Å². The Balaban J connectivity index is 2.68. The molecule has 0 saturated heterocycles. The molecule has 1 aromatic carbocycles. The fourth-order valence-corrected chi connectivity index (χ4v) is 2.30. The van der Waals surface area contributed by atoms with Crippen LogP contribution in [0.4, 0.5) is 0 Å². The van der Waals surface area contributed by atoms with Gasteiger partial charge in [-0.15, -0.1) is 0 Å². The average Bonchev–Trinajstić information content (AvgIpc) is 2.24. The third kappa shape index (κ3) is 2.54. The minimum Gasteiger partial charge on any atom is -0.241 e. The first kappa shape index (κ1) is 12.6. The summed E-state index contributed by atoms with van der Waals surface area (Å²) < 4.78 is 0. The number of aromatic nitrogens is 2. The van der Waals surface area contributed by atoms with Crippen molar-refractivity contribution in [3.8, 4) is 11.1 Å². The average molecular weight is 288 g/mol. The van der Waals surface area contributed by atoms with E-state index in [9.17, 15) is 0 Å². The van der Waals surface area contributed by atoms with Crippen LogP contribution in [0, 0.1) is 13.8 Å². The molecule has 0 fully saturated rings. The van der Waals surface area contributed by atoms with Gasteiger partial charge in [0.2, 0.25) is 0 Å². The highest BCUT2D eigenvalue weighted by atomic mass is 35.5. The molecule has 1 aromatic heterocycles. The maximum absolute atomic E-state index is 6.17. The summed E-state index contributed by atoms with van der Waals surface area (Å²) in [4.78, 5) is 8.46. The van der Waals surface area contributed by atoms with Crippen molar-refractivity contribution in [2.24, 2.45) is 0 Å². The predicted molar refractivity (Wildman–Crippen MR) is 72.0 cm³/mol. The number of hydrogen-bond acceptors (Lipinski definition) is 2. The molecule has 0 atom stereocenters. The van der Waals surface area contributed by atoms with Crippen LogP contribution >= 0.6 is 34.8 Å². The van der Waals surface area contributed by atoms with Gasteiger partial charge in [-0.1, -0.05) is 34.8 Å². The molecule has 1 heterocycles. The largest absolute Gasteiger partial charge is 0.241 e. The fraction of sp³-hybridized carbons (Fsp3) is 0.167. The zero-order chi connectivity index (χ0) is 12.6. The highest BCUT2D eigenvalue weighted by Crippen LogP contribution is 2.37. The van der Waals surface area contributed by atoms with Crippen LogP contribution in [0.3, 0.4) is 0 Å². The summed E-state index contributed by atoms with van der Waals surface area (Å²) in [5.74, 6) is 0.718. The van der Waals surface area contributed by atoms with Gasteiger partial charge in [0.1, 0.15) is 5.82 Å². The first-order valence-electron chi connectivity index (χ1n) is 4.94. The van der Waals surface area contributed by atoms with E-state index in [1.807, 2.05) is 13.8 Å². The number of rotatable bonds is 1. The van der Waals surface area contributed by atoms with Crippen LogP contribution in [0.15, 0.2) is 18.3 Å². The second-order valence-electron chi connectivity index (χ2n) is 3.67. The molecular formula is C12H9Cl3N2. The maximum atomic E-state index is 6.17. The van der Waals surface area contributed by atoms with Crippen molar-refractivity contribution in [2.75, 3.05) is 0 Å². The number of benzene rings is 1. The predicted octanol–water partition coefficient (Wildman–Crippen LogP) is 4.72. The summed E-state index contributed by atoms with van der Waals surface area (Å²) >= 11 is 18.1. The van der Waals surface area contributed by atoms with Crippen LogP contribution in [-0.4, -0.2) is 9.97 Å². The third-order valence-corrected chi connectivity index (χ3v) is 3.40. The quantitative estimate of drug-likeness (QED) is 0.709. The molecule has 0 aliphatic rings. The van der Waals surface area contributed by atoms with Gasteiger partial charge in [0.15, 0.2) is 0 Å². The van der Waals surface area contributed by atoms with Gasteiger partial charge in [-0.3, -0.25) is 0 Å². The first-order valence-corrected chi connectivity index (χ1v) is 6.07. The SMILES string of the molecule is Cc1ncc(-c2cc(Cl)cc(Cl)c2Cl)c(C)n1. The van der Waals surface area contributed by atoms with Crippen LogP contribution in [0.5, 0.6) is 0 Å².